The molecule has 0 radical (unpaired) electrons. The molecule has 0 saturated carbocycles. The number of carbonyl (C=O) groups is 2. The molecule has 0 unspecified atom stereocenters. The van der Waals surface area contributed by atoms with Crippen molar-refractivity contribution in [3.8, 4) is 17.2 Å². The van der Waals surface area contributed by atoms with Crippen LogP contribution in [0.25, 0.3) is 0 Å². The number of hydrazone groups is 1. The number of carboxylic acids is 1. The summed E-state index contributed by atoms with van der Waals surface area (Å²) in [5, 5.41) is 31.0. The number of carbonyl (C=O) groups excluding carboxylic acids is 1. The van der Waals surface area contributed by atoms with Crippen molar-refractivity contribution in [1.29, 1.82) is 0 Å². The van der Waals surface area contributed by atoms with Gasteiger partial charge in [0, 0.05) is 6.07 Å². The number of hydrogen-bond acceptors (Lipinski definition) is 6. The Morgan fingerprint density at radius 2 is 1.83 bits per heavy atom. The molecular weight excluding hydrogens is 316 g/mol. The summed E-state index contributed by atoms with van der Waals surface area (Å²) in [7, 11) is 0. The molecule has 4 N–H and O–H groups in total. The second-order valence-electron chi connectivity index (χ2n) is 4.65. The molecule has 124 valence electrons. The molecule has 1 amide bonds. The zero-order chi connectivity index (χ0) is 17.5. The van der Waals surface area contributed by atoms with E-state index >= 15 is 0 Å². The lowest BCUT2D eigenvalue weighted by atomic mass is 10.2. The average Bonchev–Trinajstić information content (AvgIpc) is 2.54. The third kappa shape index (κ3) is 4.73. The first kappa shape index (κ1) is 16.8. The molecule has 24 heavy (non-hydrogen) atoms. The predicted molar refractivity (Wildman–Crippen MR) is 84.4 cm³/mol. The first-order valence-electron chi connectivity index (χ1n) is 6.76. The van der Waals surface area contributed by atoms with E-state index in [4.69, 9.17) is 9.84 Å². The number of nitrogens with one attached hydrogen (secondary N) is 1. The average molecular weight is 330 g/mol. The topological polar surface area (TPSA) is 128 Å². The summed E-state index contributed by atoms with van der Waals surface area (Å²) >= 11 is 0. The zero-order valence-electron chi connectivity index (χ0n) is 12.3. The molecule has 0 atom stereocenters. The summed E-state index contributed by atoms with van der Waals surface area (Å²) < 4.78 is 4.98. The van der Waals surface area contributed by atoms with Gasteiger partial charge in [-0.15, -0.1) is 0 Å². The number of aromatic hydroxyl groups is 2. The number of phenols is 2. The Hall–Kier alpha value is -3.55. The standard InChI is InChI=1S/C16H14N2O6/c19-11-3-6-13(14(20)7-11)16(23)18-17-8-10-1-4-12(5-2-10)24-9-15(21)22/h1-8,19-20H,9H2,(H,18,23)(H,21,22)/b17-8-. The number of ether oxygens (including phenoxy) is 1. The second kappa shape index (κ2) is 7.63. The van der Waals surface area contributed by atoms with E-state index in [2.05, 4.69) is 10.5 Å². The van der Waals surface area contributed by atoms with Crippen molar-refractivity contribution in [2.75, 3.05) is 6.61 Å². The van der Waals surface area contributed by atoms with E-state index in [1.54, 1.807) is 24.3 Å². The fourth-order valence-electron chi connectivity index (χ4n) is 1.73. The molecule has 2 rings (SSSR count). The summed E-state index contributed by atoms with van der Waals surface area (Å²) in [5.41, 5.74) is 2.86. The molecule has 0 aliphatic carbocycles. The van der Waals surface area contributed by atoms with Crippen LogP contribution in [0.1, 0.15) is 15.9 Å². The Morgan fingerprint density at radius 1 is 1.12 bits per heavy atom. The van der Waals surface area contributed by atoms with E-state index in [9.17, 15) is 19.8 Å². The molecule has 2 aromatic rings. The van der Waals surface area contributed by atoms with Gasteiger partial charge in [-0.2, -0.15) is 5.10 Å². The van der Waals surface area contributed by atoms with Crippen LogP contribution in [0.3, 0.4) is 0 Å². The third-order valence-corrected chi connectivity index (χ3v) is 2.85. The van der Waals surface area contributed by atoms with Crippen molar-refractivity contribution in [3.63, 3.8) is 0 Å². The first-order valence-corrected chi connectivity index (χ1v) is 6.76. The number of aliphatic carboxylic acids is 1. The molecule has 0 heterocycles. The minimum atomic E-state index is -1.07. The lowest BCUT2D eigenvalue weighted by Crippen LogP contribution is -2.17. The number of amides is 1. The number of carboxylic acid groups (broad SMARTS) is 1. The van der Waals surface area contributed by atoms with Gasteiger partial charge >= 0.3 is 5.97 Å². The van der Waals surface area contributed by atoms with Gasteiger partial charge in [0.25, 0.3) is 5.91 Å². The summed E-state index contributed by atoms with van der Waals surface area (Å²) in [6.45, 7) is -0.431. The van der Waals surface area contributed by atoms with Crippen LogP contribution in [0, 0.1) is 0 Å². The zero-order valence-corrected chi connectivity index (χ0v) is 12.3. The molecule has 0 saturated heterocycles. The van der Waals surface area contributed by atoms with Gasteiger partial charge in [0.1, 0.15) is 17.2 Å². The van der Waals surface area contributed by atoms with Crippen LogP contribution in [-0.2, 0) is 4.79 Å². The van der Waals surface area contributed by atoms with Gasteiger partial charge in [-0.05, 0) is 42.0 Å². The summed E-state index contributed by atoms with van der Waals surface area (Å²) in [4.78, 5) is 22.2. The fraction of sp³-hybridized carbons (Fsp3) is 0.0625. The number of phenolic OH excluding ortho intramolecular Hbond substituents is 2. The van der Waals surface area contributed by atoms with Crippen LogP contribution in [0.2, 0.25) is 0 Å². The molecule has 0 aliphatic heterocycles. The molecule has 8 nitrogen and oxygen atoms in total. The van der Waals surface area contributed by atoms with Gasteiger partial charge in [0.05, 0.1) is 11.8 Å². The lowest BCUT2D eigenvalue weighted by molar-refractivity contribution is -0.139. The van der Waals surface area contributed by atoms with E-state index < -0.39 is 18.5 Å². The third-order valence-electron chi connectivity index (χ3n) is 2.85. The van der Waals surface area contributed by atoms with Crippen molar-refractivity contribution in [2.24, 2.45) is 5.10 Å². The molecule has 2 aromatic carbocycles. The lowest BCUT2D eigenvalue weighted by Gasteiger charge is -2.04. The predicted octanol–water partition coefficient (Wildman–Crippen LogP) is 1.33. The van der Waals surface area contributed by atoms with Crippen molar-refractivity contribution < 1.29 is 29.6 Å². The Balaban J connectivity index is 1.93. The highest BCUT2D eigenvalue weighted by atomic mass is 16.5. The highest BCUT2D eigenvalue weighted by molar-refractivity contribution is 5.97. The fourth-order valence-corrected chi connectivity index (χ4v) is 1.73. The summed E-state index contributed by atoms with van der Waals surface area (Å²) in [6.07, 6.45) is 1.37. The molecule has 0 aromatic heterocycles. The highest BCUT2D eigenvalue weighted by Gasteiger charge is 2.10. The molecule has 0 aliphatic rings. The van der Waals surface area contributed by atoms with Gasteiger partial charge in [0.15, 0.2) is 6.61 Å². The molecule has 0 fully saturated rings. The molecule has 0 bridgehead atoms. The second-order valence-corrected chi connectivity index (χ2v) is 4.65. The van der Waals surface area contributed by atoms with Crippen LogP contribution in [0.4, 0.5) is 0 Å². The van der Waals surface area contributed by atoms with E-state index in [-0.39, 0.29) is 17.1 Å². The molecule has 8 heteroatoms. The number of benzene rings is 2. The Bertz CT molecular complexity index is 771. The minimum Gasteiger partial charge on any atom is -0.508 e. The van der Waals surface area contributed by atoms with E-state index in [0.717, 1.165) is 6.07 Å². The van der Waals surface area contributed by atoms with E-state index in [1.807, 2.05) is 0 Å². The highest BCUT2D eigenvalue weighted by Crippen LogP contribution is 2.22. The molecular formula is C16H14N2O6. The van der Waals surface area contributed by atoms with Gasteiger partial charge < -0.3 is 20.1 Å². The van der Waals surface area contributed by atoms with Crippen LogP contribution >= 0.6 is 0 Å². The van der Waals surface area contributed by atoms with Crippen LogP contribution in [0.15, 0.2) is 47.6 Å². The van der Waals surface area contributed by atoms with Crippen molar-refractivity contribution in [1.82, 2.24) is 5.43 Å². The SMILES string of the molecule is O=C(O)COc1ccc(/C=N\NC(=O)c2ccc(O)cc2O)cc1. The van der Waals surface area contributed by atoms with Crippen molar-refractivity contribution in [3.05, 3.63) is 53.6 Å². The smallest absolute Gasteiger partial charge is 0.341 e. The Kier molecular flexibility index (Phi) is 5.35. The van der Waals surface area contributed by atoms with Crippen LogP contribution in [0.5, 0.6) is 17.2 Å². The van der Waals surface area contributed by atoms with Crippen molar-refractivity contribution >= 4 is 18.1 Å². The van der Waals surface area contributed by atoms with Gasteiger partial charge in [-0.25, -0.2) is 10.2 Å². The van der Waals surface area contributed by atoms with Gasteiger partial charge in [-0.3, -0.25) is 4.79 Å². The summed E-state index contributed by atoms with van der Waals surface area (Å²) in [6, 6.07) is 9.98. The number of nitrogens with zero attached hydrogens (tertiary/aromatic N) is 1. The van der Waals surface area contributed by atoms with Crippen LogP contribution < -0.4 is 10.2 Å². The van der Waals surface area contributed by atoms with Gasteiger partial charge in [0.2, 0.25) is 0 Å². The molecule has 0 spiro atoms. The van der Waals surface area contributed by atoms with Crippen LogP contribution in [-0.4, -0.2) is 40.0 Å². The quantitative estimate of drug-likeness (QED) is 0.467. The summed E-state index contributed by atoms with van der Waals surface area (Å²) in [5.74, 6) is -1.82. The van der Waals surface area contributed by atoms with Crippen molar-refractivity contribution in [2.45, 2.75) is 0 Å². The normalized spacial score (nSPS) is 10.5. The Morgan fingerprint density at radius 3 is 2.46 bits per heavy atom. The maximum atomic E-state index is 11.8. The number of hydrogen-bond donors (Lipinski definition) is 4. The first-order chi connectivity index (χ1) is 11.5. The van der Waals surface area contributed by atoms with E-state index in [1.165, 1.54) is 18.3 Å². The maximum Gasteiger partial charge on any atom is 0.341 e. The largest absolute Gasteiger partial charge is 0.508 e. The maximum absolute atomic E-state index is 11.8. The number of rotatable bonds is 6. The Labute approximate surface area is 136 Å². The monoisotopic (exact) mass is 330 g/mol. The van der Waals surface area contributed by atoms with E-state index in [0.29, 0.717) is 11.3 Å². The van der Waals surface area contributed by atoms with Gasteiger partial charge in [-0.1, -0.05) is 0 Å². The minimum absolute atomic E-state index is 0.0256.